The smallest absolute Gasteiger partial charge is 0.332 e. The number of rotatable bonds is 8. The van der Waals surface area contributed by atoms with Crippen LogP contribution in [0.5, 0.6) is 0 Å². The number of likely N-dealkylation sites (tertiary alicyclic amines) is 2. The predicted octanol–water partition coefficient (Wildman–Crippen LogP) is 6.08. The first-order chi connectivity index (χ1) is 20.9. The molecule has 264 valence electrons. The molecular weight excluding hydrogens is 588 g/mol. The highest BCUT2D eigenvalue weighted by Crippen LogP contribution is 2.52. The van der Waals surface area contributed by atoms with Gasteiger partial charge in [0, 0.05) is 69.8 Å². The number of ether oxygens (including phenoxy) is 4. The van der Waals surface area contributed by atoms with Gasteiger partial charge in [-0.25, -0.2) is 9.59 Å². The fraction of sp³-hybridized carbons (Fsp3) is 0.889. The number of carboxylic acid groups (broad SMARTS) is 2. The molecule has 0 atom stereocenters. The van der Waals surface area contributed by atoms with Gasteiger partial charge in [-0.05, 0) is 95.2 Å². The zero-order valence-corrected chi connectivity index (χ0v) is 30.7. The zero-order chi connectivity index (χ0) is 34.8. The van der Waals surface area contributed by atoms with E-state index >= 15 is 0 Å². The topological polar surface area (TPSA) is 118 Å². The lowest BCUT2D eigenvalue weighted by Gasteiger charge is -2.60. The SMILES string of the molecule is CCC1(C/C(C(=O)O)=C(/CC2(CC)COC3(CC(C)(C)N(C)C(C)(C)C3)OC2)C(=O)O)COC2(CC(C)(C)N(C)C(C)(C)C2)OC1. The van der Waals surface area contributed by atoms with Gasteiger partial charge in [0.25, 0.3) is 0 Å². The van der Waals surface area contributed by atoms with E-state index < -0.39 is 34.3 Å². The highest BCUT2D eigenvalue weighted by molar-refractivity contribution is 5.99. The van der Waals surface area contributed by atoms with E-state index in [0.717, 1.165) is 0 Å². The number of aliphatic carboxylic acids is 2. The van der Waals surface area contributed by atoms with E-state index in [1.165, 1.54) is 0 Å². The summed E-state index contributed by atoms with van der Waals surface area (Å²) >= 11 is 0. The summed E-state index contributed by atoms with van der Waals surface area (Å²) < 4.78 is 26.4. The molecule has 0 unspecified atom stereocenters. The molecule has 2 spiro atoms. The molecule has 4 aliphatic rings. The number of piperidine rings is 2. The van der Waals surface area contributed by atoms with Gasteiger partial charge in [-0.3, -0.25) is 9.80 Å². The van der Waals surface area contributed by atoms with E-state index in [-0.39, 0.29) is 46.1 Å². The van der Waals surface area contributed by atoms with Crippen molar-refractivity contribution in [2.24, 2.45) is 10.8 Å². The lowest BCUT2D eigenvalue weighted by Crippen LogP contribution is -2.67. The number of hydrogen-bond donors (Lipinski definition) is 2. The van der Waals surface area contributed by atoms with Crippen LogP contribution in [0.1, 0.15) is 121 Å². The largest absolute Gasteiger partial charge is 0.478 e. The molecule has 4 aliphatic heterocycles. The molecule has 0 aromatic carbocycles. The summed E-state index contributed by atoms with van der Waals surface area (Å²) in [7, 11) is 4.26. The molecule has 0 amide bonds. The highest BCUT2D eigenvalue weighted by atomic mass is 16.7. The molecule has 10 heteroatoms. The average molecular weight is 651 g/mol. The molecule has 4 saturated heterocycles. The van der Waals surface area contributed by atoms with Gasteiger partial charge in [0.1, 0.15) is 0 Å². The Hall–Kier alpha value is -1.56. The monoisotopic (exact) mass is 650 g/mol. The number of hydrogen-bond acceptors (Lipinski definition) is 8. The molecule has 4 heterocycles. The Balaban J connectivity index is 1.57. The third-order valence-corrected chi connectivity index (χ3v) is 12.5. The molecule has 46 heavy (non-hydrogen) atoms. The summed E-state index contributed by atoms with van der Waals surface area (Å²) in [5.41, 5.74) is -2.14. The van der Waals surface area contributed by atoms with E-state index in [1.807, 2.05) is 13.8 Å². The van der Waals surface area contributed by atoms with Crippen molar-refractivity contribution in [2.75, 3.05) is 40.5 Å². The Labute approximate surface area is 277 Å². The van der Waals surface area contributed by atoms with Crippen LogP contribution >= 0.6 is 0 Å². The third-order valence-electron chi connectivity index (χ3n) is 12.5. The minimum Gasteiger partial charge on any atom is -0.478 e. The fourth-order valence-electron chi connectivity index (χ4n) is 8.82. The van der Waals surface area contributed by atoms with Crippen LogP contribution in [0.15, 0.2) is 11.1 Å². The van der Waals surface area contributed by atoms with Gasteiger partial charge < -0.3 is 29.2 Å². The minimum atomic E-state index is -1.22. The molecule has 4 rings (SSSR count). The summed E-state index contributed by atoms with van der Waals surface area (Å²) in [5, 5.41) is 21.0. The van der Waals surface area contributed by atoms with Crippen LogP contribution in [-0.4, -0.2) is 106 Å². The van der Waals surface area contributed by atoms with E-state index in [1.54, 1.807) is 0 Å². The molecule has 0 saturated carbocycles. The van der Waals surface area contributed by atoms with Gasteiger partial charge in [-0.1, -0.05) is 13.8 Å². The van der Waals surface area contributed by atoms with Crippen molar-refractivity contribution < 1.29 is 38.7 Å². The second kappa shape index (κ2) is 12.1. The van der Waals surface area contributed by atoms with Crippen LogP contribution in [0.4, 0.5) is 0 Å². The average Bonchev–Trinajstić information content (AvgIpc) is 2.94. The van der Waals surface area contributed by atoms with Crippen LogP contribution in [-0.2, 0) is 28.5 Å². The van der Waals surface area contributed by atoms with Crippen molar-refractivity contribution in [3.05, 3.63) is 11.1 Å². The van der Waals surface area contributed by atoms with Crippen molar-refractivity contribution in [2.45, 2.75) is 154 Å². The normalized spacial score (nSPS) is 29.7. The van der Waals surface area contributed by atoms with Crippen LogP contribution in [0.2, 0.25) is 0 Å². The molecular formula is C36H62N2O8. The molecule has 0 aromatic heterocycles. The second-order valence-electron chi connectivity index (χ2n) is 17.7. The summed E-state index contributed by atoms with van der Waals surface area (Å²) in [6, 6.07) is 0. The van der Waals surface area contributed by atoms with Crippen LogP contribution in [0.3, 0.4) is 0 Å². The predicted molar refractivity (Wildman–Crippen MR) is 177 cm³/mol. The van der Waals surface area contributed by atoms with Crippen molar-refractivity contribution in [3.63, 3.8) is 0 Å². The van der Waals surface area contributed by atoms with Crippen LogP contribution in [0.25, 0.3) is 0 Å². The first-order valence-corrected chi connectivity index (χ1v) is 17.1. The maximum absolute atomic E-state index is 12.9. The van der Waals surface area contributed by atoms with Gasteiger partial charge in [-0.2, -0.15) is 0 Å². The molecule has 0 aliphatic carbocycles. The number of carboxylic acids is 2. The maximum Gasteiger partial charge on any atom is 0.332 e. The Bertz CT molecular complexity index is 1070. The van der Waals surface area contributed by atoms with Gasteiger partial charge >= 0.3 is 11.9 Å². The molecule has 4 fully saturated rings. The lowest BCUT2D eigenvalue weighted by atomic mass is 9.72. The number of carbonyl (C=O) groups is 2. The van der Waals surface area contributed by atoms with Gasteiger partial charge in [0.05, 0.1) is 26.4 Å². The fourth-order valence-corrected chi connectivity index (χ4v) is 8.82. The lowest BCUT2D eigenvalue weighted by molar-refractivity contribution is -0.342. The second-order valence-corrected chi connectivity index (χ2v) is 17.7. The van der Waals surface area contributed by atoms with Gasteiger partial charge in [-0.15, -0.1) is 0 Å². The van der Waals surface area contributed by atoms with Crippen molar-refractivity contribution in [1.29, 1.82) is 0 Å². The zero-order valence-electron chi connectivity index (χ0n) is 30.7. The standard InChI is InChI=1S/C36H62N2O8/c1-13-33(21-43-35(44-22-33)17-29(3,4)37(11)30(5,6)18-35)15-25(27(39)40)26(28(41)42)16-34(14-2)23-45-36(46-24-34)19-31(7,8)38(12)32(9,10)20-36/h13-24H2,1-12H3,(H,39,40)(H,41,42)/b26-25+. The van der Waals surface area contributed by atoms with E-state index in [2.05, 4.69) is 79.3 Å². The van der Waals surface area contributed by atoms with Crippen LogP contribution in [0, 0.1) is 10.8 Å². The summed E-state index contributed by atoms with van der Waals surface area (Å²) in [4.78, 5) is 30.4. The van der Waals surface area contributed by atoms with E-state index in [9.17, 15) is 19.8 Å². The molecule has 2 N–H and O–H groups in total. The van der Waals surface area contributed by atoms with E-state index in [4.69, 9.17) is 18.9 Å². The summed E-state index contributed by atoms with van der Waals surface area (Å²) in [6.07, 6.45) is 4.02. The van der Waals surface area contributed by atoms with Crippen molar-refractivity contribution >= 4 is 11.9 Å². The first-order valence-electron chi connectivity index (χ1n) is 17.1. The van der Waals surface area contributed by atoms with Gasteiger partial charge in [0.2, 0.25) is 0 Å². The quantitative estimate of drug-likeness (QED) is 0.300. The molecule has 0 bridgehead atoms. The van der Waals surface area contributed by atoms with E-state index in [0.29, 0.717) is 65.0 Å². The Morgan fingerprint density at radius 1 is 0.543 bits per heavy atom. The molecule has 0 radical (unpaired) electrons. The Morgan fingerprint density at radius 2 is 0.783 bits per heavy atom. The summed E-state index contributed by atoms with van der Waals surface area (Å²) in [5.74, 6) is -3.97. The Kier molecular flexibility index (Phi) is 9.79. The minimum absolute atomic E-state index is 0.0450. The third kappa shape index (κ3) is 6.95. The first kappa shape index (κ1) is 37.3. The Morgan fingerprint density at radius 3 is 0.978 bits per heavy atom. The number of nitrogens with zero attached hydrogens (tertiary/aromatic N) is 2. The summed E-state index contributed by atoms with van der Waals surface area (Å²) in [6.45, 7) is 22.7. The van der Waals surface area contributed by atoms with Crippen LogP contribution < -0.4 is 0 Å². The van der Waals surface area contributed by atoms with Gasteiger partial charge in [0.15, 0.2) is 11.6 Å². The molecule has 0 aromatic rings. The highest BCUT2D eigenvalue weighted by Gasteiger charge is 2.57. The van der Waals surface area contributed by atoms with Crippen molar-refractivity contribution in [3.8, 4) is 0 Å². The van der Waals surface area contributed by atoms with Crippen molar-refractivity contribution in [1.82, 2.24) is 9.80 Å². The maximum atomic E-state index is 12.9. The molecule has 10 nitrogen and oxygen atoms in total.